The van der Waals surface area contributed by atoms with Crippen molar-refractivity contribution in [1.29, 1.82) is 0 Å². The lowest BCUT2D eigenvalue weighted by molar-refractivity contribution is -0.137. The zero-order valence-electron chi connectivity index (χ0n) is 25.5. The van der Waals surface area contributed by atoms with E-state index in [9.17, 15) is 32.3 Å². The Morgan fingerprint density at radius 1 is 0.936 bits per heavy atom. The van der Waals surface area contributed by atoms with E-state index in [1.54, 1.807) is 38.1 Å². The predicted molar refractivity (Wildman–Crippen MR) is 169 cm³/mol. The van der Waals surface area contributed by atoms with Gasteiger partial charge < -0.3 is 20.1 Å². The minimum Gasteiger partial charge on any atom is -0.462 e. The number of nitrogens with one attached hydrogen (secondary N) is 2. The molecule has 0 aliphatic heterocycles. The molecule has 11 nitrogen and oxygen atoms in total. The molecule has 16 heteroatoms. The lowest BCUT2D eigenvalue weighted by Gasteiger charge is -2.13. The van der Waals surface area contributed by atoms with Crippen molar-refractivity contribution in [2.45, 2.75) is 45.1 Å². The van der Waals surface area contributed by atoms with Gasteiger partial charge in [-0.05, 0) is 50.1 Å². The molecule has 0 aliphatic carbocycles. The highest BCUT2D eigenvalue weighted by Crippen LogP contribution is 2.35. The zero-order valence-corrected chi connectivity index (χ0v) is 27.1. The third-order valence-electron chi connectivity index (χ3n) is 6.46. The largest absolute Gasteiger partial charge is 0.462 e. The molecule has 2 aromatic heterocycles. The van der Waals surface area contributed by atoms with Crippen molar-refractivity contribution < 1.29 is 41.8 Å². The molecule has 2 N–H and O–H groups in total. The maximum atomic E-state index is 13.6. The van der Waals surface area contributed by atoms with E-state index in [1.165, 1.54) is 23.6 Å². The van der Waals surface area contributed by atoms with Crippen LogP contribution in [0.5, 0.6) is 0 Å². The molecule has 0 fully saturated rings. The molecule has 0 atom stereocenters. The highest BCUT2D eigenvalue weighted by Gasteiger charge is 2.31. The average Bonchev–Trinajstić information content (AvgIpc) is 3.59. The van der Waals surface area contributed by atoms with Gasteiger partial charge in [0.15, 0.2) is 11.0 Å². The Kier molecular flexibility index (Phi) is 11.8. The minimum atomic E-state index is -4.63. The Balaban J connectivity index is 1.57. The van der Waals surface area contributed by atoms with Gasteiger partial charge in [0.1, 0.15) is 9.88 Å². The standard InChI is InChI=1S/C31H30F3N5O6S2/c1-4-44-28(42)25-18(3)26(29(43)45-5-2)47-27(25)36-24(41)17-46-30-38-37-22(16-35-23(40)14-19-10-7-6-8-11-19)39(30)21-13-9-12-20(15-21)31(32,33)34/h6-13,15H,4-5,14,16-17H2,1-3H3,(H,35,40)(H,36,41). The molecule has 0 aliphatic rings. The van der Waals surface area contributed by atoms with Crippen LogP contribution in [0.15, 0.2) is 59.8 Å². The predicted octanol–water partition coefficient (Wildman–Crippen LogP) is 5.60. The van der Waals surface area contributed by atoms with Crippen LogP contribution in [-0.2, 0) is 38.2 Å². The number of thioether (sulfide) groups is 1. The molecule has 2 amide bonds. The number of alkyl halides is 3. The third kappa shape index (κ3) is 8.98. The Morgan fingerprint density at radius 3 is 2.32 bits per heavy atom. The van der Waals surface area contributed by atoms with E-state index in [0.717, 1.165) is 40.8 Å². The lowest BCUT2D eigenvalue weighted by Crippen LogP contribution is -2.26. The van der Waals surface area contributed by atoms with Gasteiger partial charge in [-0.2, -0.15) is 13.2 Å². The number of hydrogen-bond donors (Lipinski definition) is 2. The molecule has 0 saturated heterocycles. The Bertz CT molecular complexity index is 1760. The Labute approximate surface area is 275 Å². The normalized spacial score (nSPS) is 11.2. The van der Waals surface area contributed by atoms with E-state index in [4.69, 9.17) is 9.47 Å². The van der Waals surface area contributed by atoms with Crippen molar-refractivity contribution in [3.05, 3.63) is 87.6 Å². The number of amides is 2. The van der Waals surface area contributed by atoms with Gasteiger partial charge in [0.2, 0.25) is 11.8 Å². The number of esters is 2. The van der Waals surface area contributed by atoms with Crippen LogP contribution in [0.3, 0.4) is 0 Å². The summed E-state index contributed by atoms with van der Waals surface area (Å²) in [6.45, 7) is 4.80. The summed E-state index contributed by atoms with van der Waals surface area (Å²) in [4.78, 5) is 51.0. The van der Waals surface area contributed by atoms with E-state index < -0.39 is 29.6 Å². The van der Waals surface area contributed by atoms with Crippen LogP contribution >= 0.6 is 23.1 Å². The molecule has 4 aromatic rings. The lowest BCUT2D eigenvalue weighted by atomic mass is 10.1. The van der Waals surface area contributed by atoms with E-state index >= 15 is 0 Å². The van der Waals surface area contributed by atoms with Gasteiger partial charge in [0, 0.05) is 0 Å². The second-order valence-electron chi connectivity index (χ2n) is 9.76. The smallest absolute Gasteiger partial charge is 0.416 e. The molecular formula is C31H30F3N5O6S2. The Hall–Kier alpha value is -4.70. The van der Waals surface area contributed by atoms with Crippen LogP contribution in [0.1, 0.15) is 56.4 Å². The Morgan fingerprint density at radius 2 is 1.64 bits per heavy atom. The van der Waals surface area contributed by atoms with Crippen molar-refractivity contribution in [2.24, 2.45) is 0 Å². The highest BCUT2D eigenvalue weighted by atomic mass is 32.2. The summed E-state index contributed by atoms with van der Waals surface area (Å²) in [5.41, 5.74) is 0.232. The van der Waals surface area contributed by atoms with Gasteiger partial charge in [-0.25, -0.2) is 9.59 Å². The SMILES string of the molecule is CCOC(=O)c1sc(NC(=O)CSc2nnc(CNC(=O)Cc3ccccc3)n2-c2cccc(C(F)(F)F)c2)c(C(=O)OCC)c1C. The number of aromatic nitrogens is 3. The summed E-state index contributed by atoms with van der Waals surface area (Å²) < 4.78 is 52.2. The number of halogens is 3. The third-order valence-corrected chi connectivity index (χ3v) is 8.57. The first-order valence-electron chi connectivity index (χ1n) is 14.3. The minimum absolute atomic E-state index is 0.0129. The summed E-state index contributed by atoms with van der Waals surface area (Å²) in [6, 6.07) is 13.5. The first-order chi connectivity index (χ1) is 22.4. The number of hydrogen-bond acceptors (Lipinski definition) is 10. The number of rotatable bonds is 13. The van der Waals surface area contributed by atoms with Gasteiger partial charge in [-0.3, -0.25) is 14.2 Å². The van der Waals surface area contributed by atoms with Crippen LogP contribution < -0.4 is 10.6 Å². The van der Waals surface area contributed by atoms with Crippen molar-refractivity contribution in [3.63, 3.8) is 0 Å². The van der Waals surface area contributed by atoms with Gasteiger partial charge in [-0.1, -0.05) is 48.2 Å². The van der Waals surface area contributed by atoms with Crippen LogP contribution in [0.25, 0.3) is 5.69 Å². The number of anilines is 1. The molecule has 0 saturated carbocycles. The van der Waals surface area contributed by atoms with Crippen molar-refractivity contribution in [3.8, 4) is 5.69 Å². The van der Waals surface area contributed by atoms with Gasteiger partial charge in [-0.15, -0.1) is 21.5 Å². The second-order valence-corrected chi connectivity index (χ2v) is 11.7. The fraction of sp³-hybridized carbons (Fsp3) is 0.290. The molecule has 4 rings (SSSR count). The van der Waals surface area contributed by atoms with Crippen molar-refractivity contribution in [2.75, 3.05) is 24.3 Å². The molecule has 248 valence electrons. The van der Waals surface area contributed by atoms with Crippen molar-refractivity contribution in [1.82, 2.24) is 20.1 Å². The van der Waals surface area contributed by atoms with Gasteiger partial charge >= 0.3 is 18.1 Å². The van der Waals surface area contributed by atoms with Crippen LogP contribution in [0.2, 0.25) is 0 Å². The summed E-state index contributed by atoms with van der Waals surface area (Å²) >= 11 is 1.73. The van der Waals surface area contributed by atoms with Crippen LogP contribution in [0.4, 0.5) is 18.2 Å². The van der Waals surface area contributed by atoms with E-state index in [1.807, 2.05) is 6.07 Å². The van der Waals surface area contributed by atoms with E-state index in [-0.39, 0.29) is 75.5 Å². The number of nitrogens with zero attached hydrogens (tertiary/aromatic N) is 3. The summed E-state index contributed by atoms with van der Waals surface area (Å²) in [6.07, 6.45) is -4.55. The quantitative estimate of drug-likeness (QED) is 0.136. The summed E-state index contributed by atoms with van der Waals surface area (Å²) in [7, 11) is 0. The monoisotopic (exact) mass is 689 g/mol. The number of benzene rings is 2. The zero-order chi connectivity index (χ0) is 34.1. The molecule has 2 heterocycles. The molecule has 47 heavy (non-hydrogen) atoms. The maximum absolute atomic E-state index is 13.6. The average molecular weight is 690 g/mol. The first kappa shape index (κ1) is 35.2. The van der Waals surface area contributed by atoms with Gasteiger partial charge in [0.25, 0.3) is 0 Å². The number of carbonyl (C=O) groups excluding carboxylic acids is 4. The number of thiophene rings is 1. The number of ether oxygens (including phenoxy) is 2. The highest BCUT2D eigenvalue weighted by molar-refractivity contribution is 7.99. The molecule has 0 radical (unpaired) electrons. The molecule has 2 aromatic carbocycles. The fourth-order valence-corrected chi connectivity index (χ4v) is 6.22. The molecule has 0 spiro atoms. The maximum Gasteiger partial charge on any atom is 0.416 e. The van der Waals surface area contributed by atoms with Crippen molar-refractivity contribution >= 4 is 51.9 Å². The molecular weight excluding hydrogens is 659 g/mol. The molecule has 0 unspecified atom stereocenters. The van der Waals surface area contributed by atoms with E-state index in [0.29, 0.717) is 0 Å². The van der Waals surface area contributed by atoms with E-state index in [2.05, 4.69) is 20.8 Å². The fourth-order valence-electron chi connectivity index (χ4n) is 4.35. The second kappa shape index (κ2) is 15.7. The molecule has 0 bridgehead atoms. The van der Waals surface area contributed by atoms with Gasteiger partial charge in [0.05, 0.1) is 48.7 Å². The summed E-state index contributed by atoms with van der Waals surface area (Å²) in [5, 5.41) is 13.7. The first-order valence-corrected chi connectivity index (χ1v) is 16.1. The number of carbonyl (C=O) groups is 4. The van der Waals surface area contributed by atoms with Crippen LogP contribution in [0, 0.1) is 6.92 Å². The van der Waals surface area contributed by atoms with Crippen LogP contribution in [-0.4, -0.2) is 57.5 Å². The topological polar surface area (TPSA) is 142 Å². The summed E-state index contributed by atoms with van der Waals surface area (Å²) in [5.74, 6) is -2.50.